The van der Waals surface area contributed by atoms with E-state index in [1.807, 2.05) is 0 Å². The fraction of sp³-hybridized carbons (Fsp3) is 0.417. The van der Waals surface area contributed by atoms with Gasteiger partial charge in [0.1, 0.15) is 0 Å². The molecule has 1 heterocycles. The molecule has 1 aliphatic heterocycles. The summed E-state index contributed by atoms with van der Waals surface area (Å²) in [4.78, 5) is 4.58. The number of hydrogen-bond acceptors (Lipinski definition) is 2. The normalized spacial score (nSPS) is 42.2. The summed E-state index contributed by atoms with van der Waals surface area (Å²) in [5.41, 5.74) is 0. The lowest BCUT2D eigenvalue weighted by Gasteiger charge is -2.27. The van der Waals surface area contributed by atoms with Crippen LogP contribution in [0.25, 0.3) is 0 Å². The van der Waals surface area contributed by atoms with Gasteiger partial charge in [-0.3, -0.25) is 0 Å². The fourth-order valence-corrected chi connectivity index (χ4v) is 2.64. The standard InChI is InChI=1S/C12H13NO/c1-14-12-11-8-4-2-3-5-9(11)10(13-12)7-6-8/h2-11H,1H3/t8-,9+,10+,11+/m0/s1. The van der Waals surface area contributed by atoms with Crippen LogP contribution in [0.15, 0.2) is 41.4 Å². The Balaban J connectivity index is 2.08. The first-order valence-corrected chi connectivity index (χ1v) is 5.05. The van der Waals surface area contributed by atoms with Gasteiger partial charge in [0.15, 0.2) is 5.90 Å². The molecule has 0 spiro atoms. The summed E-state index contributed by atoms with van der Waals surface area (Å²) >= 11 is 0. The second-order valence-electron chi connectivity index (χ2n) is 4.00. The highest BCUT2D eigenvalue weighted by Gasteiger charge is 2.43. The van der Waals surface area contributed by atoms with Gasteiger partial charge in [-0.1, -0.05) is 36.5 Å². The molecule has 2 heteroatoms. The van der Waals surface area contributed by atoms with Gasteiger partial charge in [0.25, 0.3) is 0 Å². The summed E-state index contributed by atoms with van der Waals surface area (Å²) in [6, 6.07) is 0.308. The number of nitrogens with zero attached hydrogens (tertiary/aromatic N) is 1. The third-order valence-corrected chi connectivity index (χ3v) is 3.30. The lowest BCUT2D eigenvalue weighted by atomic mass is 9.76. The topological polar surface area (TPSA) is 21.6 Å². The maximum Gasteiger partial charge on any atom is 0.188 e. The van der Waals surface area contributed by atoms with Crippen molar-refractivity contribution in [3.8, 4) is 0 Å². The summed E-state index contributed by atoms with van der Waals surface area (Å²) in [5, 5.41) is 0. The van der Waals surface area contributed by atoms with Crippen molar-refractivity contribution in [2.24, 2.45) is 22.7 Å². The maximum absolute atomic E-state index is 5.36. The zero-order valence-electron chi connectivity index (χ0n) is 8.13. The fourth-order valence-electron chi connectivity index (χ4n) is 2.64. The Morgan fingerprint density at radius 1 is 1.14 bits per heavy atom. The van der Waals surface area contributed by atoms with Gasteiger partial charge >= 0.3 is 0 Å². The first kappa shape index (κ1) is 8.04. The summed E-state index contributed by atoms with van der Waals surface area (Å²) in [6.07, 6.45) is 13.2. The van der Waals surface area contributed by atoms with Gasteiger partial charge in [-0.15, -0.1) is 0 Å². The molecule has 0 aromatic rings. The molecular formula is C12H13NO. The highest BCUT2D eigenvalue weighted by molar-refractivity contribution is 5.83. The van der Waals surface area contributed by atoms with Crippen LogP contribution in [0.2, 0.25) is 0 Å². The molecular weight excluding hydrogens is 174 g/mol. The summed E-state index contributed by atoms with van der Waals surface area (Å²) in [5.74, 6) is 2.33. The number of allylic oxidation sites excluding steroid dienone is 4. The minimum atomic E-state index is 0.308. The molecule has 3 aliphatic rings. The van der Waals surface area contributed by atoms with Crippen molar-refractivity contribution in [1.29, 1.82) is 0 Å². The smallest absolute Gasteiger partial charge is 0.188 e. The highest BCUT2D eigenvalue weighted by Crippen LogP contribution is 2.41. The van der Waals surface area contributed by atoms with Crippen LogP contribution in [0, 0.1) is 17.8 Å². The first-order chi connectivity index (χ1) is 6.90. The average Bonchev–Trinajstić information content (AvgIpc) is 2.35. The summed E-state index contributed by atoms with van der Waals surface area (Å²) in [7, 11) is 1.72. The van der Waals surface area contributed by atoms with Crippen LogP contribution in [0.4, 0.5) is 0 Å². The van der Waals surface area contributed by atoms with Crippen molar-refractivity contribution in [2.45, 2.75) is 6.04 Å². The van der Waals surface area contributed by atoms with Crippen LogP contribution in [-0.4, -0.2) is 19.0 Å². The third kappa shape index (κ3) is 0.939. The van der Waals surface area contributed by atoms with Crippen LogP contribution in [0.3, 0.4) is 0 Å². The molecule has 0 fully saturated rings. The van der Waals surface area contributed by atoms with Crippen LogP contribution < -0.4 is 0 Å². The zero-order valence-corrected chi connectivity index (χ0v) is 8.13. The molecule has 0 aromatic carbocycles. The Hall–Kier alpha value is -1.31. The third-order valence-electron chi connectivity index (χ3n) is 3.30. The Morgan fingerprint density at radius 3 is 2.86 bits per heavy atom. The number of ether oxygens (including phenoxy) is 1. The second kappa shape index (κ2) is 2.84. The van der Waals surface area contributed by atoms with Gasteiger partial charge in [-0.25, -0.2) is 4.99 Å². The SMILES string of the molecule is COC1=N[C@@H]2C=C[C@@H]3C=CC=C[C@H]2[C@H]13. The number of hydrogen-bond donors (Lipinski definition) is 0. The first-order valence-electron chi connectivity index (χ1n) is 5.05. The van der Waals surface area contributed by atoms with Crippen LogP contribution >= 0.6 is 0 Å². The maximum atomic E-state index is 5.36. The van der Waals surface area contributed by atoms with Crippen LogP contribution in [0.1, 0.15) is 0 Å². The van der Waals surface area contributed by atoms with E-state index in [9.17, 15) is 0 Å². The molecule has 3 rings (SSSR count). The predicted octanol–water partition coefficient (Wildman–Crippen LogP) is 1.96. The van der Waals surface area contributed by atoms with E-state index in [4.69, 9.17) is 4.74 Å². The minimum Gasteiger partial charge on any atom is -0.484 e. The Kier molecular flexibility index (Phi) is 1.63. The van der Waals surface area contributed by atoms with Crippen molar-refractivity contribution >= 4 is 5.90 Å². The van der Waals surface area contributed by atoms with E-state index < -0.39 is 0 Å². The molecule has 0 N–H and O–H groups in total. The molecule has 0 aromatic heterocycles. The van der Waals surface area contributed by atoms with Crippen molar-refractivity contribution < 1.29 is 4.74 Å². The van der Waals surface area contributed by atoms with Gasteiger partial charge in [0, 0.05) is 11.8 Å². The molecule has 0 radical (unpaired) electrons. The predicted molar refractivity (Wildman–Crippen MR) is 56.1 cm³/mol. The molecule has 2 nitrogen and oxygen atoms in total. The number of rotatable bonds is 0. The molecule has 72 valence electrons. The van der Waals surface area contributed by atoms with Crippen molar-refractivity contribution in [3.05, 3.63) is 36.5 Å². The van der Waals surface area contributed by atoms with Crippen LogP contribution in [0.5, 0.6) is 0 Å². The van der Waals surface area contributed by atoms with Gasteiger partial charge in [0.2, 0.25) is 0 Å². The molecule has 0 amide bonds. The largest absolute Gasteiger partial charge is 0.484 e. The van der Waals surface area contributed by atoms with Crippen molar-refractivity contribution in [1.82, 2.24) is 0 Å². The Bertz CT molecular complexity index is 365. The molecule has 0 unspecified atom stereocenters. The number of methoxy groups -OCH3 is 1. The van der Waals surface area contributed by atoms with E-state index >= 15 is 0 Å². The van der Waals surface area contributed by atoms with E-state index in [1.165, 1.54) is 0 Å². The van der Waals surface area contributed by atoms with E-state index in [0.717, 1.165) is 5.90 Å². The Labute approximate surface area is 83.7 Å². The van der Waals surface area contributed by atoms with Crippen molar-refractivity contribution in [2.75, 3.05) is 7.11 Å². The van der Waals surface area contributed by atoms with Gasteiger partial charge in [-0.2, -0.15) is 0 Å². The second-order valence-corrected chi connectivity index (χ2v) is 4.00. The number of aliphatic imine (C=N–C) groups is 1. The van der Waals surface area contributed by atoms with Gasteiger partial charge < -0.3 is 4.74 Å². The van der Waals surface area contributed by atoms with Gasteiger partial charge in [0.05, 0.1) is 19.1 Å². The zero-order chi connectivity index (χ0) is 9.54. The van der Waals surface area contributed by atoms with E-state index in [2.05, 4.69) is 41.4 Å². The molecule has 2 aliphatic carbocycles. The highest BCUT2D eigenvalue weighted by atomic mass is 16.5. The Morgan fingerprint density at radius 2 is 2.00 bits per heavy atom. The molecule has 4 bridgehead atoms. The average molecular weight is 187 g/mol. The van der Waals surface area contributed by atoms with E-state index in [1.54, 1.807) is 7.11 Å². The van der Waals surface area contributed by atoms with E-state index in [0.29, 0.717) is 23.8 Å². The molecule has 4 atom stereocenters. The molecule has 0 saturated carbocycles. The van der Waals surface area contributed by atoms with Gasteiger partial charge in [-0.05, 0) is 0 Å². The van der Waals surface area contributed by atoms with Crippen LogP contribution in [-0.2, 0) is 4.74 Å². The quantitative estimate of drug-likeness (QED) is 0.531. The molecule has 14 heavy (non-hydrogen) atoms. The summed E-state index contributed by atoms with van der Waals surface area (Å²) < 4.78 is 5.36. The lowest BCUT2D eigenvalue weighted by Crippen LogP contribution is -2.30. The summed E-state index contributed by atoms with van der Waals surface area (Å²) in [6.45, 7) is 0. The molecule has 0 saturated heterocycles. The van der Waals surface area contributed by atoms with E-state index in [-0.39, 0.29) is 0 Å². The van der Waals surface area contributed by atoms with Crippen molar-refractivity contribution in [3.63, 3.8) is 0 Å². The lowest BCUT2D eigenvalue weighted by molar-refractivity contribution is 0.335. The monoisotopic (exact) mass is 187 g/mol. The minimum absolute atomic E-state index is 0.308.